The number of hydrogen-bond donors (Lipinski definition) is 6. The van der Waals surface area contributed by atoms with E-state index in [1.807, 2.05) is 46.6 Å². The Bertz CT molecular complexity index is 1980. The van der Waals surface area contributed by atoms with E-state index in [0.717, 1.165) is 42.7 Å². The second-order valence-corrected chi connectivity index (χ2v) is 19.3. The molecule has 3 rings (SSSR count). The van der Waals surface area contributed by atoms with Crippen molar-refractivity contribution in [3.63, 3.8) is 0 Å². The fourth-order valence-electron chi connectivity index (χ4n) is 8.23. The second-order valence-electron chi connectivity index (χ2n) is 18.4. The van der Waals surface area contributed by atoms with Crippen LogP contribution in [0.3, 0.4) is 0 Å². The smallest absolute Gasteiger partial charge is 0.306 e. The van der Waals surface area contributed by atoms with Crippen LogP contribution in [-0.4, -0.2) is 125 Å². The molecule has 1 fully saturated rings. The summed E-state index contributed by atoms with van der Waals surface area (Å²) in [6.45, 7) is 17.2. The van der Waals surface area contributed by atoms with Crippen molar-refractivity contribution >= 4 is 64.9 Å². The normalized spacial score (nSPS) is 17.2. The van der Waals surface area contributed by atoms with Crippen molar-refractivity contribution in [2.24, 2.45) is 23.7 Å². The van der Waals surface area contributed by atoms with E-state index < -0.39 is 65.8 Å². The number of carbonyl (C=O) groups excluding carboxylic acids is 7. The zero-order valence-corrected chi connectivity index (χ0v) is 41.7. The predicted octanol–water partition coefficient (Wildman–Crippen LogP) is 4.69. The van der Waals surface area contributed by atoms with Gasteiger partial charge >= 0.3 is 11.9 Å². The largest absolute Gasteiger partial charge is 0.481 e. The van der Waals surface area contributed by atoms with Gasteiger partial charge in [-0.15, -0.1) is 11.3 Å². The molecule has 0 bridgehead atoms. The van der Waals surface area contributed by atoms with Crippen molar-refractivity contribution in [3.05, 3.63) is 45.9 Å². The molecule has 67 heavy (non-hydrogen) atoms. The topological polar surface area (TPSA) is 246 Å². The summed E-state index contributed by atoms with van der Waals surface area (Å²) in [5.74, 6) is -4.73. The Kier molecular flexibility index (Phi) is 22.9. The molecule has 0 radical (unpaired) electrons. The number of likely N-dealkylation sites (N-methyl/N-ethyl adjacent to an activating group) is 1. The molecular formula is C48H74N8O10S. The zero-order chi connectivity index (χ0) is 50.0. The molecule has 6 amide bonds. The Hall–Kier alpha value is -5.43. The number of aromatic nitrogens is 1. The first-order valence-electron chi connectivity index (χ1n) is 23.5. The number of thiazole rings is 1. The van der Waals surface area contributed by atoms with Crippen molar-refractivity contribution in [1.29, 1.82) is 0 Å². The minimum atomic E-state index is -1.03. The molecule has 0 saturated carbocycles. The SMILES string of the molecule is CCCN(C(=O)[C@@H](NC(=O)[C@H]1CCCCN1C)[C@@H](C)CC)[C@H](C[C@@H](OC(C)=O)c1nc(C(=O)N[C@@H](Cc2ccc(NC(=O)CNC(=O)C(NC=O)C(C)C)cc2)CC(C)C(=O)O)cs1)C(C)C. The summed E-state index contributed by atoms with van der Waals surface area (Å²) in [7, 11) is 1.93. The maximum Gasteiger partial charge on any atom is 0.306 e. The van der Waals surface area contributed by atoms with Gasteiger partial charge in [-0.25, -0.2) is 4.98 Å². The number of carboxylic acids is 1. The van der Waals surface area contributed by atoms with E-state index in [9.17, 15) is 43.5 Å². The van der Waals surface area contributed by atoms with Crippen LogP contribution >= 0.6 is 11.3 Å². The number of anilines is 1. The first kappa shape index (κ1) is 55.9. The van der Waals surface area contributed by atoms with Gasteiger partial charge in [-0.1, -0.05) is 80.4 Å². The number of benzene rings is 1. The Morgan fingerprint density at radius 1 is 0.955 bits per heavy atom. The fraction of sp³-hybridized carbons (Fsp3) is 0.646. The van der Waals surface area contributed by atoms with Crippen LogP contribution in [0.1, 0.15) is 134 Å². The molecule has 2 heterocycles. The summed E-state index contributed by atoms with van der Waals surface area (Å²) >= 11 is 1.14. The predicted molar refractivity (Wildman–Crippen MR) is 256 cm³/mol. The molecule has 372 valence electrons. The number of amides is 6. The highest BCUT2D eigenvalue weighted by molar-refractivity contribution is 7.09. The summed E-state index contributed by atoms with van der Waals surface area (Å²) < 4.78 is 5.87. The molecule has 8 atom stereocenters. The molecule has 19 heteroatoms. The van der Waals surface area contributed by atoms with Crippen molar-refractivity contribution in [2.45, 2.75) is 150 Å². The lowest BCUT2D eigenvalue weighted by molar-refractivity contribution is -0.150. The van der Waals surface area contributed by atoms with Gasteiger partial charge in [-0.2, -0.15) is 0 Å². The lowest BCUT2D eigenvalue weighted by atomic mass is 9.92. The second kappa shape index (κ2) is 27.4. The molecule has 6 N–H and O–H groups in total. The highest BCUT2D eigenvalue weighted by Gasteiger charge is 2.39. The van der Waals surface area contributed by atoms with Gasteiger partial charge in [0.25, 0.3) is 5.91 Å². The molecule has 1 aliphatic rings. The van der Waals surface area contributed by atoms with E-state index in [2.05, 4.69) is 31.6 Å². The number of ether oxygens (including phenoxy) is 1. The van der Waals surface area contributed by atoms with Gasteiger partial charge < -0.3 is 41.3 Å². The van der Waals surface area contributed by atoms with Gasteiger partial charge in [-0.3, -0.25) is 43.3 Å². The number of carbonyl (C=O) groups is 8. The summed E-state index contributed by atoms with van der Waals surface area (Å²) in [6, 6.07) is 3.83. The summed E-state index contributed by atoms with van der Waals surface area (Å²) in [4.78, 5) is 111. The first-order chi connectivity index (χ1) is 31.7. The summed E-state index contributed by atoms with van der Waals surface area (Å²) in [5, 5.41) is 25.4. The molecule has 2 aromatic rings. The summed E-state index contributed by atoms with van der Waals surface area (Å²) in [6.07, 6.45) is 4.04. The van der Waals surface area contributed by atoms with Crippen molar-refractivity contribution in [1.82, 2.24) is 36.1 Å². The van der Waals surface area contributed by atoms with Gasteiger partial charge in [0.05, 0.1) is 18.5 Å². The average molecular weight is 955 g/mol. The number of hydrogen-bond acceptors (Lipinski definition) is 12. The van der Waals surface area contributed by atoms with Gasteiger partial charge in [0, 0.05) is 43.0 Å². The molecule has 1 aliphatic heterocycles. The minimum absolute atomic E-state index is 0.0479. The van der Waals surface area contributed by atoms with E-state index >= 15 is 0 Å². The van der Waals surface area contributed by atoms with Crippen LogP contribution in [-0.2, 0) is 44.7 Å². The molecule has 0 spiro atoms. The molecular weight excluding hydrogens is 881 g/mol. The maximum atomic E-state index is 14.7. The molecule has 18 nitrogen and oxygen atoms in total. The van der Waals surface area contributed by atoms with E-state index in [1.54, 1.807) is 55.3 Å². The number of piperidine rings is 1. The van der Waals surface area contributed by atoms with Crippen LogP contribution < -0.4 is 26.6 Å². The number of esters is 1. The van der Waals surface area contributed by atoms with Gasteiger partial charge in [-0.05, 0) is 81.1 Å². The Morgan fingerprint density at radius 2 is 1.64 bits per heavy atom. The highest BCUT2D eigenvalue weighted by atomic mass is 32.1. The van der Waals surface area contributed by atoms with E-state index in [-0.39, 0.29) is 67.1 Å². The molecule has 2 unspecified atom stereocenters. The standard InChI is InChI=1S/C48H74N8O10S/c1-11-20-56(47(63)42(30(7)12-2)54-44(61)37-15-13-14-21-55(37)10)38(28(3)4)24-39(66-32(9)58)46-53-36(26-67-46)43(60)52-35(22-31(8)48(64)65)23-33-16-18-34(19-17-33)51-40(59)25-49-45(62)41(29(5)6)50-27-57/h16-19,26-31,35,37-39,41-42H,11-15,20-25H2,1-10H3,(H,49,62)(H,50,57)(H,51,59)(H,52,60)(H,54,61)(H,64,65)/t30-,31?,35+,37+,38+,39+,41?,42-/m0/s1. The lowest BCUT2D eigenvalue weighted by Gasteiger charge is -2.40. The number of nitrogens with one attached hydrogen (secondary N) is 5. The van der Waals surface area contributed by atoms with Crippen molar-refractivity contribution in [3.8, 4) is 0 Å². The van der Waals surface area contributed by atoms with E-state index in [4.69, 9.17) is 4.74 Å². The van der Waals surface area contributed by atoms with Crippen LogP contribution in [0.25, 0.3) is 0 Å². The molecule has 1 aromatic heterocycles. The molecule has 0 aliphatic carbocycles. The highest BCUT2D eigenvalue weighted by Crippen LogP contribution is 2.32. The first-order valence-corrected chi connectivity index (χ1v) is 24.4. The quantitative estimate of drug-likeness (QED) is 0.0528. The molecule has 1 saturated heterocycles. The zero-order valence-electron chi connectivity index (χ0n) is 40.9. The summed E-state index contributed by atoms with van der Waals surface area (Å²) in [5.41, 5.74) is 1.23. The van der Waals surface area contributed by atoms with Crippen LogP contribution in [0.5, 0.6) is 0 Å². The number of aliphatic carboxylic acids is 1. The fourth-order valence-corrected chi connectivity index (χ4v) is 9.07. The Balaban J connectivity index is 1.80. The Labute approximate surface area is 399 Å². The number of carboxylic acid groups (broad SMARTS) is 1. The van der Waals surface area contributed by atoms with Crippen LogP contribution in [0, 0.1) is 23.7 Å². The van der Waals surface area contributed by atoms with E-state index in [1.165, 1.54) is 6.92 Å². The molecule has 1 aromatic carbocycles. The third kappa shape index (κ3) is 17.3. The van der Waals surface area contributed by atoms with Crippen LogP contribution in [0.15, 0.2) is 29.6 Å². The van der Waals surface area contributed by atoms with Crippen LogP contribution in [0.2, 0.25) is 0 Å². The van der Waals surface area contributed by atoms with Gasteiger partial charge in [0.1, 0.15) is 22.8 Å². The van der Waals surface area contributed by atoms with Crippen LogP contribution in [0.4, 0.5) is 5.69 Å². The maximum absolute atomic E-state index is 14.7. The van der Waals surface area contributed by atoms with Crippen molar-refractivity contribution in [2.75, 3.05) is 32.0 Å². The van der Waals surface area contributed by atoms with Gasteiger partial charge in [0.15, 0.2) is 6.10 Å². The lowest BCUT2D eigenvalue weighted by Crippen LogP contribution is -2.58. The number of rotatable bonds is 27. The van der Waals surface area contributed by atoms with Gasteiger partial charge in [0.2, 0.25) is 30.0 Å². The van der Waals surface area contributed by atoms with E-state index in [0.29, 0.717) is 36.5 Å². The third-order valence-corrected chi connectivity index (χ3v) is 13.2. The number of nitrogens with zero attached hydrogens (tertiary/aromatic N) is 3. The Morgan fingerprint density at radius 3 is 2.21 bits per heavy atom. The average Bonchev–Trinajstić information content (AvgIpc) is 3.78. The number of likely N-dealkylation sites (tertiary alicyclic amines) is 1. The third-order valence-electron chi connectivity index (χ3n) is 12.3. The van der Waals surface area contributed by atoms with Crippen molar-refractivity contribution < 1.29 is 48.2 Å². The monoisotopic (exact) mass is 955 g/mol. The minimum Gasteiger partial charge on any atom is -0.481 e.